The topological polar surface area (TPSA) is 62.8 Å². The predicted molar refractivity (Wildman–Crippen MR) is 72.1 cm³/mol. The van der Waals surface area contributed by atoms with Gasteiger partial charge in [0.25, 0.3) is 0 Å². The monoisotopic (exact) mass is 271 g/mol. The lowest BCUT2D eigenvalue weighted by Gasteiger charge is -2.26. The van der Waals surface area contributed by atoms with E-state index < -0.39 is 0 Å². The predicted octanol–water partition coefficient (Wildman–Crippen LogP) is -0.797. The van der Waals surface area contributed by atoms with Crippen molar-refractivity contribution in [3.63, 3.8) is 0 Å². The van der Waals surface area contributed by atoms with Gasteiger partial charge in [0.1, 0.15) is 0 Å². The first-order valence-corrected chi connectivity index (χ1v) is 7.24. The lowest BCUT2D eigenvalue weighted by Crippen LogP contribution is -2.42. The van der Waals surface area contributed by atoms with Crippen LogP contribution in [0.15, 0.2) is 0 Å². The van der Waals surface area contributed by atoms with Crippen LogP contribution in [0.5, 0.6) is 0 Å². The normalized spacial score (nSPS) is 25.2. The summed E-state index contributed by atoms with van der Waals surface area (Å²) >= 11 is 0. The van der Waals surface area contributed by atoms with E-state index in [1.807, 2.05) is 0 Å². The Bertz CT molecular complexity index is 264. The van der Waals surface area contributed by atoms with Crippen LogP contribution in [0, 0.1) is 0 Å². The first-order chi connectivity index (χ1) is 9.34. The summed E-state index contributed by atoms with van der Waals surface area (Å²) in [5, 5.41) is 6.19. The van der Waals surface area contributed by atoms with Gasteiger partial charge in [-0.25, -0.2) is 0 Å². The van der Waals surface area contributed by atoms with Gasteiger partial charge < -0.3 is 20.1 Å². The summed E-state index contributed by atoms with van der Waals surface area (Å²) in [5.74, 6) is 0.0932. The minimum atomic E-state index is 0.0352. The van der Waals surface area contributed by atoms with Gasteiger partial charge in [-0.2, -0.15) is 0 Å². The van der Waals surface area contributed by atoms with E-state index in [0.29, 0.717) is 13.0 Å². The second-order valence-electron chi connectivity index (χ2n) is 5.06. The van der Waals surface area contributed by atoms with Crippen LogP contribution in [-0.2, 0) is 14.3 Å². The fraction of sp³-hybridized carbons (Fsp3) is 0.923. The molecule has 1 atom stereocenters. The Balaban J connectivity index is 1.48. The standard InChI is InChI=1S/C13H25N3O3/c17-13(10-12-11-14-3-7-19-12)15-2-1-4-16-5-8-18-9-6-16/h12,14H,1-11H2,(H,15,17). The highest BCUT2D eigenvalue weighted by Gasteiger charge is 2.17. The summed E-state index contributed by atoms with van der Waals surface area (Å²) in [7, 11) is 0. The number of rotatable bonds is 6. The molecule has 6 heteroatoms. The number of nitrogens with one attached hydrogen (secondary N) is 2. The van der Waals surface area contributed by atoms with Gasteiger partial charge in [-0.3, -0.25) is 9.69 Å². The quantitative estimate of drug-likeness (QED) is 0.620. The summed E-state index contributed by atoms with van der Waals surface area (Å²) in [6.07, 6.45) is 1.49. The maximum atomic E-state index is 11.7. The SMILES string of the molecule is O=C(CC1CNCCO1)NCCCN1CCOCC1. The number of nitrogens with zero attached hydrogens (tertiary/aromatic N) is 1. The highest BCUT2D eigenvalue weighted by atomic mass is 16.5. The summed E-state index contributed by atoms with van der Waals surface area (Å²) in [6, 6.07) is 0. The molecule has 2 rings (SSSR count). The van der Waals surface area contributed by atoms with E-state index in [0.717, 1.165) is 58.9 Å². The number of amides is 1. The van der Waals surface area contributed by atoms with Gasteiger partial charge in [0.2, 0.25) is 5.91 Å². The number of ether oxygens (including phenoxy) is 2. The van der Waals surface area contributed by atoms with Gasteiger partial charge in [0.05, 0.1) is 32.3 Å². The minimum Gasteiger partial charge on any atom is -0.379 e. The van der Waals surface area contributed by atoms with E-state index >= 15 is 0 Å². The van der Waals surface area contributed by atoms with Crippen molar-refractivity contribution >= 4 is 5.91 Å². The maximum Gasteiger partial charge on any atom is 0.222 e. The van der Waals surface area contributed by atoms with E-state index in [2.05, 4.69) is 15.5 Å². The van der Waals surface area contributed by atoms with Gasteiger partial charge in [-0.05, 0) is 13.0 Å². The first kappa shape index (κ1) is 14.7. The van der Waals surface area contributed by atoms with Crippen molar-refractivity contribution in [1.82, 2.24) is 15.5 Å². The molecule has 2 N–H and O–H groups in total. The molecule has 0 saturated carbocycles. The van der Waals surface area contributed by atoms with Crippen LogP contribution < -0.4 is 10.6 Å². The molecule has 0 radical (unpaired) electrons. The number of carbonyl (C=O) groups is 1. The fourth-order valence-electron chi connectivity index (χ4n) is 2.39. The van der Waals surface area contributed by atoms with Gasteiger partial charge in [0.15, 0.2) is 0 Å². The van der Waals surface area contributed by atoms with Gasteiger partial charge in [-0.15, -0.1) is 0 Å². The van der Waals surface area contributed by atoms with Crippen molar-refractivity contribution in [3.05, 3.63) is 0 Å². The molecule has 19 heavy (non-hydrogen) atoms. The van der Waals surface area contributed by atoms with E-state index in [4.69, 9.17) is 9.47 Å². The van der Waals surface area contributed by atoms with Crippen molar-refractivity contribution in [3.8, 4) is 0 Å². The molecule has 0 spiro atoms. The first-order valence-electron chi connectivity index (χ1n) is 7.24. The van der Waals surface area contributed by atoms with Gasteiger partial charge >= 0.3 is 0 Å². The summed E-state index contributed by atoms with van der Waals surface area (Å²) in [4.78, 5) is 14.1. The third-order valence-corrected chi connectivity index (χ3v) is 3.49. The number of hydrogen-bond donors (Lipinski definition) is 2. The van der Waals surface area contributed by atoms with Gasteiger partial charge in [0, 0.05) is 32.7 Å². The highest BCUT2D eigenvalue weighted by Crippen LogP contribution is 2.01. The molecule has 2 heterocycles. The average molecular weight is 271 g/mol. The fourth-order valence-corrected chi connectivity index (χ4v) is 2.39. The zero-order valence-electron chi connectivity index (χ0n) is 11.5. The molecule has 2 fully saturated rings. The molecular weight excluding hydrogens is 246 g/mol. The second-order valence-corrected chi connectivity index (χ2v) is 5.06. The molecule has 0 bridgehead atoms. The number of carbonyl (C=O) groups excluding carboxylic acids is 1. The van der Waals surface area contributed by atoms with E-state index in [9.17, 15) is 4.79 Å². The van der Waals surface area contributed by atoms with Crippen LogP contribution in [-0.4, -0.2) is 76.0 Å². The molecule has 1 unspecified atom stereocenters. The van der Waals surface area contributed by atoms with Crippen molar-refractivity contribution in [1.29, 1.82) is 0 Å². The largest absolute Gasteiger partial charge is 0.379 e. The number of hydrogen-bond acceptors (Lipinski definition) is 5. The lowest BCUT2D eigenvalue weighted by molar-refractivity contribution is -0.124. The third kappa shape index (κ3) is 5.86. The van der Waals surface area contributed by atoms with Crippen LogP contribution in [0.4, 0.5) is 0 Å². The zero-order valence-corrected chi connectivity index (χ0v) is 11.5. The average Bonchev–Trinajstić information content (AvgIpc) is 2.46. The van der Waals surface area contributed by atoms with E-state index in [1.165, 1.54) is 0 Å². The van der Waals surface area contributed by atoms with Crippen molar-refractivity contribution in [2.24, 2.45) is 0 Å². The number of morpholine rings is 2. The molecule has 6 nitrogen and oxygen atoms in total. The summed E-state index contributed by atoms with van der Waals surface area (Å²) < 4.78 is 10.8. The molecule has 0 aromatic heterocycles. The van der Waals surface area contributed by atoms with Crippen LogP contribution >= 0.6 is 0 Å². The van der Waals surface area contributed by atoms with Crippen LogP contribution in [0.25, 0.3) is 0 Å². The van der Waals surface area contributed by atoms with Gasteiger partial charge in [-0.1, -0.05) is 0 Å². The Kier molecular flexibility index (Phi) is 6.56. The zero-order chi connectivity index (χ0) is 13.3. The molecule has 0 aromatic carbocycles. The second kappa shape index (κ2) is 8.47. The van der Waals surface area contributed by atoms with Crippen molar-refractivity contribution < 1.29 is 14.3 Å². The third-order valence-electron chi connectivity index (χ3n) is 3.49. The van der Waals surface area contributed by atoms with Crippen molar-refractivity contribution in [2.75, 3.05) is 59.1 Å². The molecule has 2 aliphatic heterocycles. The van der Waals surface area contributed by atoms with Crippen LogP contribution in [0.3, 0.4) is 0 Å². The van der Waals surface area contributed by atoms with E-state index in [1.54, 1.807) is 0 Å². The summed E-state index contributed by atoms with van der Waals surface area (Å²) in [5.41, 5.74) is 0. The molecule has 1 amide bonds. The molecule has 0 aliphatic carbocycles. The maximum absolute atomic E-state index is 11.7. The Hall–Kier alpha value is -0.690. The lowest BCUT2D eigenvalue weighted by atomic mass is 10.2. The Morgan fingerprint density at radius 3 is 2.89 bits per heavy atom. The Labute approximate surface area is 114 Å². The molecule has 2 aliphatic rings. The highest BCUT2D eigenvalue weighted by molar-refractivity contribution is 5.76. The molecule has 2 saturated heterocycles. The van der Waals surface area contributed by atoms with Crippen molar-refractivity contribution in [2.45, 2.75) is 18.9 Å². The molecule has 0 aromatic rings. The molecule has 110 valence electrons. The molecular formula is C13H25N3O3. The van der Waals surface area contributed by atoms with Crippen LogP contribution in [0.2, 0.25) is 0 Å². The summed E-state index contributed by atoms with van der Waals surface area (Å²) in [6.45, 7) is 7.83. The van der Waals surface area contributed by atoms with Crippen LogP contribution in [0.1, 0.15) is 12.8 Å². The smallest absolute Gasteiger partial charge is 0.222 e. The Morgan fingerprint density at radius 2 is 2.16 bits per heavy atom. The minimum absolute atomic E-state index is 0.0352. The van der Waals surface area contributed by atoms with E-state index in [-0.39, 0.29) is 12.0 Å². The Morgan fingerprint density at radius 1 is 1.32 bits per heavy atom.